The zero-order valence-corrected chi connectivity index (χ0v) is 17.6. The monoisotopic (exact) mass is 429 g/mol. The maximum Gasteiger partial charge on any atom is 0.261 e. The molecule has 0 bridgehead atoms. The number of hydrogen-bond donors (Lipinski definition) is 2. The number of benzene rings is 2. The van der Waals surface area contributed by atoms with Gasteiger partial charge in [-0.3, -0.25) is 18.8 Å². The van der Waals surface area contributed by atoms with Crippen LogP contribution in [0.25, 0.3) is 22.2 Å². The van der Waals surface area contributed by atoms with Crippen LogP contribution in [0.15, 0.2) is 65.8 Å². The molecule has 8 nitrogen and oxygen atoms in total. The molecule has 32 heavy (non-hydrogen) atoms. The summed E-state index contributed by atoms with van der Waals surface area (Å²) in [4.78, 5) is 30.0. The molecule has 0 spiro atoms. The summed E-state index contributed by atoms with van der Waals surface area (Å²) in [5.41, 5.74) is 3.75. The molecule has 2 aromatic heterocycles. The number of aliphatic hydroxyl groups is 1. The average molecular weight is 429 g/mol. The van der Waals surface area contributed by atoms with Crippen molar-refractivity contribution in [3.05, 3.63) is 82.5 Å². The van der Waals surface area contributed by atoms with Crippen LogP contribution in [0.4, 0.5) is 0 Å². The summed E-state index contributed by atoms with van der Waals surface area (Å²) in [6, 6.07) is 14.7. The molecule has 1 amide bonds. The predicted molar refractivity (Wildman–Crippen MR) is 120 cm³/mol. The summed E-state index contributed by atoms with van der Waals surface area (Å²) in [5, 5.41) is 17.0. The number of rotatable bonds is 5. The van der Waals surface area contributed by atoms with Crippen molar-refractivity contribution in [1.29, 1.82) is 0 Å². The lowest BCUT2D eigenvalue weighted by Gasteiger charge is -2.31. The van der Waals surface area contributed by atoms with Gasteiger partial charge >= 0.3 is 0 Å². The molecular weight excluding hydrogens is 406 g/mol. The molecule has 162 valence electrons. The second-order valence-electron chi connectivity index (χ2n) is 8.25. The molecule has 2 N–H and O–H groups in total. The standard InChI is InChI=1S/C24H23N5O3/c1-28-22(7-8-26-28)16-5-6-20-21(10-16)25-14-29(24(20)32)13-15-3-2-4-17(9-15)23(31)27-18-11-19(30)12-18/h2-10,14,18-19,30H,11-13H2,1H3,(H,27,31)/t18-,19-. The fourth-order valence-electron chi connectivity index (χ4n) is 4.07. The zero-order chi connectivity index (χ0) is 22.2. The third-order valence-electron chi connectivity index (χ3n) is 5.93. The highest BCUT2D eigenvalue weighted by atomic mass is 16.3. The molecule has 8 heteroatoms. The van der Waals surface area contributed by atoms with Gasteiger partial charge in [0.25, 0.3) is 11.5 Å². The van der Waals surface area contributed by atoms with Gasteiger partial charge in [-0.1, -0.05) is 18.2 Å². The Balaban J connectivity index is 1.38. The number of carbonyl (C=O) groups is 1. The van der Waals surface area contributed by atoms with Crippen molar-refractivity contribution in [1.82, 2.24) is 24.6 Å². The van der Waals surface area contributed by atoms with Crippen molar-refractivity contribution in [2.75, 3.05) is 0 Å². The van der Waals surface area contributed by atoms with Gasteiger partial charge in [0.2, 0.25) is 0 Å². The zero-order valence-electron chi connectivity index (χ0n) is 17.6. The van der Waals surface area contributed by atoms with Crippen molar-refractivity contribution in [2.24, 2.45) is 7.05 Å². The van der Waals surface area contributed by atoms with E-state index in [9.17, 15) is 14.7 Å². The molecule has 0 aliphatic heterocycles. The van der Waals surface area contributed by atoms with E-state index in [4.69, 9.17) is 0 Å². The minimum atomic E-state index is -0.320. The van der Waals surface area contributed by atoms with E-state index in [0.29, 0.717) is 35.9 Å². The Labute approximate surface area is 184 Å². The van der Waals surface area contributed by atoms with E-state index in [1.807, 2.05) is 31.3 Å². The number of amides is 1. The molecule has 1 aliphatic carbocycles. The minimum Gasteiger partial charge on any atom is -0.393 e. The van der Waals surface area contributed by atoms with Gasteiger partial charge in [-0.05, 0) is 48.7 Å². The van der Waals surface area contributed by atoms with Crippen molar-refractivity contribution >= 4 is 16.8 Å². The van der Waals surface area contributed by atoms with Crippen molar-refractivity contribution in [2.45, 2.75) is 31.5 Å². The normalized spacial score (nSPS) is 17.8. The largest absolute Gasteiger partial charge is 0.393 e. The molecule has 1 saturated carbocycles. The van der Waals surface area contributed by atoms with Crippen molar-refractivity contribution < 1.29 is 9.90 Å². The SMILES string of the molecule is Cn1nccc1-c1ccc2c(=O)n(Cc3cccc(C(=O)N[C@H]4C[C@H](O)C4)c3)cnc2c1. The summed E-state index contributed by atoms with van der Waals surface area (Å²) in [7, 11) is 1.87. The Hall–Kier alpha value is -3.78. The van der Waals surface area contributed by atoms with Crippen LogP contribution in [0.5, 0.6) is 0 Å². The van der Waals surface area contributed by atoms with Crippen LogP contribution in [0.3, 0.4) is 0 Å². The molecule has 1 fully saturated rings. The lowest BCUT2D eigenvalue weighted by molar-refractivity contribution is 0.0562. The molecular formula is C24H23N5O3. The summed E-state index contributed by atoms with van der Waals surface area (Å²) in [5.74, 6) is -0.171. The summed E-state index contributed by atoms with van der Waals surface area (Å²) < 4.78 is 3.32. The van der Waals surface area contributed by atoms with Crippen LogP contribution in [0.1, 0.15) is 28.8 Å². The quantitative estimate of drug-likeness (QED) is 0.506. The van der Waals surface area contributed by atoms with Crippen LogP contribution < -0.4 is 10.9 Å². The smallest absolute Gasteiger partial charge is 0.261 e. The third kappa shape index (κ3) is 3.80. The van der Waals surface area contributed by atoms with Gasteiger partial charge in [0.05, 0.1) is 35.6 Å². The molecule has 5 rings (SSSR count). The van der Waals surface area contributed by atoms with Crippen LogP contribution in [0.2, 0.25) is 0 Å². The highest BCUT2D eigenvalue weighted by Gasteiger charge is 2.28. The number of aliphatic hydroxyl groups excluding tert-OH is 1. The maximum atomic E-state index is 13.0. The number of nitrogens with one attached hydrogen (secondary N) is 1. The van der Waals surface area contributed by atoms with Crippen LogP contribution >= 0.6 is 0 Å². The number of fused-ring (bicyclic) bond motifs is 1. The molecule has 0 saturated heterocycles. The summed E-state index contributed by atoms with van der Waals surface area (Å²) >= 11 is 0. The van der Waals surface area contributed by atoms with Gasteiger partial charge in [0.15, 0.2) is 0 Å². The predicted octanol–water partition coefficient (Wildman–Crippen LogP) is 2.10. The lowest BCUT2D eigenvalue weighted by Crippen LogP contribution is -2.46. The van der Waals surface area contributed by atoms with Crippen LogP contribution in [-0.4, -0.2) is 42.5 Å². The topological polar surface area (TPSA) is 102 Å². The molecule has 0 radical (unpaired) electrons. The fourth-order valence-corrected chi connectivity index (χ4v) is 4.07. The van der Waals surface area contributed by atoms with Gasteiger partial charge in [0, 0.05) is 30.4 Å². The van der Waals surface area contributed by atoms with Crippen LogP contribution in [0, 0.1) is 0 Å². The van der Waals surface area contributed by atoms with Gasteiger partial charge in [-0.2, -0.15) is 5.10 Å². The summed E-state index contributed by atoms with van der Waals surface area (Å²) in [6.45, 7) is 0.314. The van der Waals surface area contributed by atoms with E-state index in [2.05, 4.69) is 15.4 Å². The second kappa shape index (κ2) is 8.05. The van der Waals surface area contributed by atoms with Gasteiger partial charge in [-0.25, -0.2) is 4.98 Å². The van der Waals surface area contributed by atoms with Gasteiger partial charge < -0.3 is 10.4 Å². The molecule has 0 atom stereocenters. The molecule has 4 aromatic rings. The Kier molecular flexibility index (Phi) is 5.07. The molecule has 2 heterocycles. The van der Waals surface area contributed by atoms with E-state index in [-0.39, 0.29) is 23.6 Å². The van der Waals surface area contributed by atoms with E-state index >= 15 is 0 Å². The first-order valence-corrected chi connectivity index (χ1v) is 10.5. The highest BCUT2D eigenvalue weighted by Crippen LogP contribution is 2.22. The fraction of sp³-hybridized carbons (Fsp3) is 0.250. The number of aryl methyl sites for hydroxylation is 1. The molecule has 0 unspecified atom stereocenters. The number of hydrogen-bond acceptors (Lipinski definition) is 5. The van der Waals surface area contributed by atoms with E-state index in [1.165, 1.54) is 0 Å². The first-order valence-electron chi connectivity index (χ1n) is 10.5. The van der Waals surface area contributed by atoms with Gasteiger partial charge in [-0.15, -0.1) is 0 Å². The van der Waals surface area contributed by atoms with Crippen molar-refractivity contribution in [3.8, 4) is 11.3 Å². The lowest BCUT2D eigenvalue weighted by atomic mass is 9.89. The Morgan fingerprint density at radius 3 is 2.78 bits per heavy atom. The second-order valence-corrected chi connectivity index (χ2v) is 8.25. The Morgan fingerprint density at radius 2 is 2.03 bits per heavy atom. The van der Waals surface area contributed by atoms with E-state index in [0.717, 1.165) is 16.8 Å². The third-order valence-corrected chi connectivity index (χ3v) is 5.93. The van der Waals surface area contributed by atoms with E-state index in [1.54, 1.807) is 46.0 Å². The maximum absolute atomic E-state index is 13.0. The van der Waals surface area contributed by atoms with Crippen molar-refractivity contribution in [3.63, 3.8) is 0 Å². The first kappa shape index (κ1) is 20.1. The number of aromatic nitrogens is 4. The number of carbonyl (C=O) groups excluding carboxylic acids is 1. The molecule has 1 aliphatic rings. The minimum absolute atomic E-state index is 0.0182. The Bertz CT molecular complexity index is 1370. The number of nitrogens with zero attached hydrogens (tertiary/aromatic N) is 4. The molecule has 2 aromatic carbocycles. The van der Waals surface area contributed by atoms with Crippen LogP contribution in [-0.2, 0) is 13.6 Å². The Morgan fingerprint density at radius 1 is 1.19 bits per heavy atom. The van der Waals surface area contributed by atoms with Gasteiger partial charge in [0.1, 0.15) is 0 Å². The highest BCUT2D eigenvalue weighted by molar-refractivity contribution is 5.94. The van der Waals surface area contributed by atoms with E-state index < -0.39 is 0 Å². The first-order chi connectivity index (χ1) is 15.5. The summed E-state index contributed by atoms with van der Waals surface area (Å²) in [6.07, 6.45) is 4.13. The average Bonchev–Trinajstić information content (AvgIpc) is 3.20.